The molecule has 0 radical (unpaired) electrons. The van der Waals surface area contributed by atoms with Gasteiger partial charge in [0.15, 0.2) is 69.8 Å². The average Bonchev–Trinajstić information content (AvgIpc) is 0.798. The van der Waals surface area contributed by atoms with Crippen LogP contribution in [-0.4, -0.2) is 144 Å². The van der Waals surface area contributed by atoms with Gasteiger partial charge in [-0.15, -0.1) is 0 Å². The normalized spacial score (nSPS) is 18.3. The number of piperidine rings is 4. The first-order valence-electron chi connectivity index (χ1n) is 37.8. The predicted octanol–water partition coefficient (Wildman–Crippen LogP) is 10.6. The standard InChI is InChI=1S/3C20H19F3N4O3.C12H14F3N.C8H7N3O4.CH3F/c3*1-10-2-3-16(11-5-14(21)17(23)15(22)6-11)27(9-10)20(30)19(29)26-13-4-12(18(24)28)7-25-8-13;1-7-2-3-11(16-6-7)8-4-9(13)12(15)10(14)5-8;9-6(12)4-1-5(3-10-2-4)11-7(13)8(14)15;1-2/h3*4-8,10,16H,2-3,9H2,1H3,(H2,24,28)(H,26,29);4-5,7,11,16H,2-3,6H2,1H3;1-3H,(H2,9,12)(H,11,13)(H,14,15);1H3/t2*10-,16+;;;;/m10..../s1/i;;;;;1D. The molecule has 4 saturated heterocycles. The smallest absolute Gasteiger partial charge is 0.394 e. The molecule has 4 unspecified atom stereocenters. The monoisotopic (exact) mass is 1730 g/mol. The molecular formula is C81H81F13N16O13. The van der Waals surface area contributed by atoms with Gasteiger partial charge in [0.1, 0.15) is 0 Å². The molecule has 8 heterocycles. The van der Waals surface area contributed by atoms with Gasteiger partial charge >= 0.3 is 47.3 Å². The number of nitrogens with two attached hydrogens (primary N) is 4. The van der Waals surface area contributed by atoms with Crippen LogP contribution in [0.2, 0.25) is 0 Å². The van der Waals surface area contributed by atoms with E-state index >= 15 is 0 Å². The minimum absolute atomic E-state index is 0.0435. The highest BCUT2D eigenvalue weighted by molar-refractivity contribution is 6.41. The van der Waals surface area contributed by atoms with Gasteiger partial charge in [0.2, 0.25) is 23.6 Å². The van der Waals surface area contributed by atoms with Gasteiger partial charge < -0.3 is 69.3 Å². The van der Waals surface area contributed by atoms with Crippen LogP contribution in [0.1, 0.15) is 168 Å². The Morgan fingerprint density at radius 3 is 0.805 bits per heavy atom. The van der Waals surface area contributed by atoms with E-state index in [-0.39, 0.29) is 105 Å². The van der Waals surface area contributed by atoms with Crippen molar-refractivity contribution < 1.29 is 121 Å². The Balaban J connectivity index is 0.000000217. The van der Waals surface area contributed by atoms with Crippen LogP contribution >= 0.6 is 0 Å². The number of anilines is 4. The van der Waals surface area contributed by atoms with E-state index in [1.165, 1.54) is 88.5 Å². The Morgan fingerprint density at radius 1 is 0.358 bits per heavy atom. The number of rotatable bonds is 12. The minimum Gasteiger partial charge on any atom is -0.474 e. The molecule has 12 rings (SSSR count). The van der Waals surface area contributed by atoms with Crippen molar-refractivity contribution in [2.75, 3.05) is 54.6 Å². The molecule has 4 aliphatic rings. The van der Waals surface area contributed by atoms with Gasteiger partial charge in [-0.25, -0.2) is 57.5 Å². The number of carbonyl (C=O) groups excluding carboxylic acids is 11. The molecule has 14 N–H and O–H groups in total. The SMILES string of the molecule is CC1CCC(c2cc(F)c(F)c(F)c2)N(C(=O)C(=O)Nc2cncc(C(N)=O)c2)C1.CC1CCC(c2cc(F)c(F)c(F)c2)NC1.C[C@@H]1CC[C@@H](c2cc(F)c(F)c(F)c2)N(C(=O)C(=O)Nc2cncc(C(N)=O)c2)C1.C[C@H]1CC[C@H](c2cc(F)c(F)c(F)c2)N(C(=O)C(=O)Nc2cncc(C(N)=O)c2)C1.NC(=O)c1cncc(NC(=O)C(=O)O)c1.[2H]CF. The summed E-state index contributed by atoms with van der Waals surface area (Å²) in [7, 11) is -1.00. The molecule has 4 fully saturated rings. The topological polar surface area (TPSA) is 451 Å². The number of halogens is 13. The Hall–Kier alpha value is -13.8. The van der Waals surface area contributed by atoms with Gasteiger partial charge in [0.25, 0.3) is 0 Å². The van der Waals surface area contributed by atoms with E-state index in [9.17, 15) is 115 Å². The second-order valence-electron chi connectivity index (χ2n) is 28.7. The molecule has 8 atom stereocenters. The highest BCUT2D eigenvalue weighted by Crippen LogP contribution is 2.39. The number of nitrogens with one attached hydrogen (secondary N) is 5. The van der Waals surface area contributed by atoms with Gasteiger partial charge in [-0.2, -0.15) is 0 Å². The molecule has 0 bridgehead atoms. The maximum atomic E-state index is 13.7. The zero-order valence-electron chi connectivity index (χ0n) is 66.6. The number of primary amides is 4. The van der Waals surface area contributed by atoms with Crippen molar-refractivity contribution in [3.05, 3.63) is 237 Å². The molecule has 4 aromatic carbocycles. The predicted molar refractivity (Wildman–Crippen MR) is 413 cm³/mol. The maximum absolute atomic E-state index is 13.7. The van der Waals surface area contributed by atoms with Crippen LogP contribution in [0.15, 0.2) is 122 Å². The van der Waals surface area contributed by atoms with Crippen LogP contribution < -0.4 is 49.5 Å². The van der Waals surface area contributed by atoms with Crippen molar-refractivity contribution in [3.8, 4) is 0 Å². The van der Waals surface area contributed by atoms with Crippen molar-refractivity contribution in [1.82, 2.24) is 40.0 Å². The summed E-state index contributed by atoms with van der Waals surface area (Å²) in [6, 6.07) is 9.72. The number of carbonyl (C=O) groups is 12. The Morgan fingerprint density at radius 2 is 0.585 bits per heavy atom. The third kappa shape index (κ3) is 26.3. The number of benzene rings is 4. The second kappa shape index (κ2) is 43.9. The first-order valence-corrected chi connectivity index (χ1v) is 37.1. The fourth-order valence-electron chi connectivity index (χ4n) is 13.2. The molecule has 654 valence electrons. The lowest BCUT2D eigenvalue weighted by Crippen LogP contribution is -2.46. The number of alkyl halides is 1. The molecule has 0 aliphatic carbocycles. The van der Waals surface area contributed by atoms with Crippen molar-refractivity contribution in [3.63, 3.8) is 0 Å². The summed E-state index contributed by atoms with van der Waals surface area (Å²) >= 11 is 0. The highest BCUT2D eigenvalue weighted by atomic mass is 19.2. The molecule has 8 aromatic rings. The van der Waals surface area contributed by atoms with Gasteiger partial charge in [-0.05, 0) is 177 Å². The van der Waals surface area contributed by atoms with Crippen LogP contribution in [0.25, 0.3) is 0 Å². The highest BCUT2D eigenvalue weighted by Gasteiger charge is 2.39. The number of likely N-dealkylation sites (tertiary alicyclic amines) is 3. The number of carboxylic acid groups (broad SMARTS) is 1. The average molecular weight is 1730 g/mol. The van der Waals surface area contributed by atoms with E-state index in [2.05, 4.69) is 48.1 Å². The molecule has 29 nitrogen and oxygen atoms in total. The number of amides is 11. The molecule has 4 aromatic heterocycles. The summed E-state index contributed by atoms with van der Waals surface area (Å²) in [4.78, 5) is 160. The third-order valence-electron chi connectivity index (χ3n) is 19.4. The lowest BCUT2D eigenvalue weighted by atomic mass is 9.89. The quantitative estimate of drug-likeness (QED) is 0.0309. The Labute approximate surface area is 693 Å². The molecule has 4 aliphatic heterocycles. The zero-order valence-corrected chi connectivity index (χ0v) is 65.6. The van der Waals surface area contributed by atoms with Crippen LogP contribution in [0.4, 0.5) is 79.8 Å². The molecular weight excluding hydrogens is 1650 g/mol. The van der Waals surface area contributed by atoms with E-state index in [1.54, 1.807) is 0 Å². The largest absolute Gasteiger partial charge is 0.474 e. The number of aromatic nitrogens is 4. The first kappa shape index (κ1) is 94.7. The molecule has 123 heavy (non-hydrogen) atoms. The van der Waals surface area contributed by atoms with Gasteiger partial charge in [0, 0.05) is 50.5 Å². The molecule has 42 heteroatoms. The number of aliphatic carboxylic acids is 1. The third-order valence-corrected chi connectivity index (χ3v) is 19.4. The van der Waals surface area contributed by atoms with Crippen LogP contribution in [0, 0.1) is 93.5 Å². The summed E-state index contributed by atoms with van der Waals surface area (Å²) in [5.74, 6) is -27.5. The van der Waals surface area contributed by atoms with E-state index in [4.69, 9.17) is 29.4 Å². The van der Waals surface area contributed by atoms with Gasteiger partial charge in [0.05, 0.1) is 96.4 Å². The number of hydrogen-bond donors (Lipinski definition) is 10. The van der Waals surface area contributed by atoms with Crippen LogP contribution in [0.5, 0.6) is 0 Å². The van der Waals surface area contributed by atoms with Crippen LogP contribution in [-0.2, 0) is 38.4 Å². The lowest BCUT2D eigenvalue weighted by molar-refractivity contribution is -0.147. The summed E-state index contributed by atoms with van der Waals surface area (Å²) in [6.07, 6.45) is 14.6. The van der Waals surface area contributed by atoms with Crippen molar-refractivity contribution in [1.29, 1.82) is 0 Å². The lowest BCUT2D eigenvalue weighted by Gasteiger charge is -2.38. The maximum Gasteiger partial charge on any atom is 0.394 e. The van der Waals surface area contributed by atoms with E-state index in [0.717, 1.165) is 67.9 Å². The zero-order chi connectivity index (χ0) is 91.8. The number of hydrogen-bond acceptors (Lipinski definition) is 17. The Bertz CT molecular complexity index is 4860. The number of pyridine rings is 4. The Kier molecular flexibility index (Phi) is 33.8. The second-order valence-corrected chi connectivity index (χ2v) is 28.7. The number of nitrogens with zero attached hydrogens (tertiary/aromatic N) is 7. The molecule has 0 spiro atoms. The summed E-state index contributed by atoms with van der Waals surface area (Å²) < 4.78 is 177. The molecule has 11 amide bonds. The van der Waals surface area contributed by atoms with Crippen molar-refractivity contribution in [2.45, 2.75) is 103 Å². The van der Waals surface area contributed by atoms with E-state index in [1.807, 2.05) is 26.1 Å². The van der Waals surface area contributed by atoms with E-state index < -0.39 is 166 Å². The van der Waals surface area contributed by atoms with Crippen molar-refractivity contribution in [2.24, 2.45) is 46.6 Å². The molecule has 0 saturated carbocycles. The fourth-order valence-corrected chi connectivity index (χ4v) is 13.2. The minimum atomic E-state index is -1.63. The summed E-state index contributed by atoms with van der Waals surface area (Å²) in [6.45, 7) is 9.10. The number of carboxylic acids is 1. The van der Waals surface area contributed by atoms with Gasteiger partial charge in [-0.3, -0.25) is 77.1 Å². The van der Waals surface area contributed by atoms with Crippen LogP contribution in [0.3, 0.4) is 0 Å². The summed E-state index contributed by atoms with van der Waals surface area (Å²) in [5, 5.41) is 20.6. The fraction of sp³-hybridized carbons (Fsp3) is 0.309. The van der Waals surface area contributed by atoms with Gasteiger partial charge in [-0.1, -0.05) is 27.7 Å². The van der Waals surface area contributed by atoms with Crippen molar-refractivity contribution >= 4 is 93.7 Å². The first-order chi connectivity index (χ1) is 58.5. The van der Waals surface area contributed by atoms with E-state index in [0.29, 0.717) is 50.0 Å². The summed E-state index contributed by atoms with van der Waals surface area (Å²) in [5.41, 5.74) is 21.7.